The van der Waals surface area contributed by atoms with Gasteiger partial charge in [0.25, 0.3) is 0 Å². The smallest absolute Gasteiger partial charge is 0.323 e. The summed E-state index contributed by atoms with van der Waals surface area (Å²) in [5.74, 6) is -2.58. The lowest BCUT2D eigenvalue weighted by Gasteiger charge is -2.25. The summed E-state index contributed by atoms with van der Waals surface area (Å²) in [6.07, 6.45) is 0. The third-order valence-electron chi connectivity index (χ3n) is 1.81. The van der Waals surface area contributed by atoms with Crippen molar-refractivity contribution in [1.29, 1.82) is 0 Å². The van der Waals surface area contributed by atoms with E-state index in [2.05, 4.69) is 4.74 Å². The second kappa shape index (κ2) is 5.81. The first-order chi connectivity index (χ1) is 7.22. The number of nitrogens with two attached hydrogens (primary N) is 1. The molecular weight excluding hydrogens is 214 g/mol. The van der Waals surface area contributed by atoms with Gasteiger partial charge in [-0.05, 0) is 20.8 Å². The van der Waals surface area contributed by atoms with Gasteiger partial charge in [0, 0.05) is 0 Å². The number of esters is 2. The Hall–Kier alpha value is -1.14. The van der Waals surface area contributed by atoms with E-state index in [0.717, 1.165) is 7.11 Å². The zero-order valence-corrected chi connectivity index (χ0v) is 10.0. The average Bonchev–Trinajstić information content (AvgIpc) is 2.14. The SMILES string of the molecule is COC(=O)[C@@H](N)C(CO)C(=O)OC(C)(C)C. The zero-order valence-electron chi connectivity index (χ0n) is 10.0. The van der Waals surface area contributed by atoms with Crippen molar-refractivity contribution in [3.05, 3.63) is 0 Å². The molecular formula is C10H19NO5. The van der Waals surface area contributed by atoms with Gasteiger partial charge in [0.2, 0.25) is 0 Å². The van der Waals surface area contributed by atoms with E-state index in [1.807, 2.05) is 0 Å². The molecule has 0 aromatic carbocycles. The highest BCUT2D eigenvalue weighted by atomic mass is 16.6. The van der Waals surface area contributed by atoms with Crippen LogP contribution in [0.5, 0.6) is 0 Å². The molecule has 0 aromatic heterocycles. The van der Waals surface area contributed by atoms with Crippen molar-refractivity contribution in [1.82, 2.24) is 0 Å². The van der Waals surface area contributed by atoms with Crippen molar-refractivity contribution in [2.45, 2.75) is 32.4 Å². The second-order valence-corrected chi connectivity index (χ2v) is 4.37. The fraction of sp³-hybridized carbons (Fsp3) is 0.800. The topological polar surface area (TPSA) is 98.9 Å². The van der Waals surface area contributed by atoms with E-state index >= 15 is 0 Å². The monoisotopic (exact) mass is 233 g/mol. The molecule has 16 heavy (non-hydrogen) atoms. The molecule has 0 aliphatic heterocycles. The second-order valence-electron chi connectivity index (χ2n) is 4.37. The Balaban J connectivity index is 4.61. The predicted molar refractivity (Wildman–Crippen MR) is 56.4 cm³/mol. The molecule has 94 valence electrons. The van der Waals surface area contributed by atoms with Gasteiger partial charge in [-0.3, -0.25) is 9.59 Å². The maximum absolute atomic E-state index is 11.6. The molecule has 0 saturated heterocycles. The van der Waals surface area contributed by atoms with Gasteiger partial charge in [0.05, 0.1) is 13.7 Å². The van der Waals surface area contributed by atoms with Crippen LogP contribution in [0, 0.1) is 5.92 Å². The Morgan fingerprint density at radius 3 is 2.12 bits per heavy atom. The normalized spacial score (nSPS) is 15.1. The lowest BCUT2D eigenvalue weighted by Crippen LogP contribution is -2.46. The van der Waals surface area contributed by atoms with Gasteiger partial charge in [-0.2, -0.15) is 0 Å². The summed E-state index contributed by atoms with van der Waals surface area (Å²) >= 11 is 0. The standard InChI is InChI=1S/C10H19NO5/c1-10(2,3)16-8(13)6(5-12)7(11)9(14)15-4/h6-7,12H,5,11H2,1-4H3/t6?,7-/m0/s1. The summed E-state index contributed by atoms with van der Waals surface area (Å²) < 4.78 is 9.41. The lowest BCUT2D eigenvalue weighted by molar-refractivity contribution is -0.166. The van der Waals surface area contributed by atoms with Crippen molar-refractivity contribution >= 4 is 11.9 Å². The minimum atomic E-state index is -1.22. The number of aliphatic hydroxyl groups excluding tert-OH is 1. The number of hydrogen-bond donors (Lipinski definition) is 2. The number of carbonyl (C=O) groups is 2. The van der Waals surface area contributed by atoms with Crippen LogP contribution >= 0.6 is 0 Å². The number of ether oxygens (including phenoxy) is 2. The van der Waals surface area contributed by atoms with Crippen LogP contribution in [-0.4, -0.2) is 42.4 Å². The summed E-state index contributed by atoms with van der Waals surface area (Å²) in [4.78, 5) is 22.7. The number of carbonyl (C=O) groups excluding carboxylic acids is 2. The molecule has 0 bridgehead atoms. The van der Waals surface area contributed by atoms with Crippen LogP contribution in [0.1, 0.15) is 20.8 Å². The number of hydrogen-bond acceptors (Lipinski definition) is 6. The van der Waals surface area contributed by atoms with Crippen molar-refractivity contribution in [2.75, 3.05) is 13.7 Å². The third-order valence-corrected chi connectivity index (χ3v) is 1.81. The highest BCUT2D eigenvalue weighted by Gasteiger charge is 2.34. The summed E-state index contributed by atoms with van der Waals surface area (Å²) in [5, 5.41) is 9.02. The van der Waals surface area contributed by atoms with E-state index in [-0.39, 0.29) is 0 Å². The van der Waals surface area contributed by atoms with Crippen LogP contribution in [0.4, 0.5) is 0 Å². The largest absolute Gasteiger partial charge is 0.468 e. The molecule has 6 heteroatoms. The van der Waals surface area contributed by atoms with Crippen molar-refractivity contribution in [3.8, 4) is 0 Å². The first kappa shape index (κ1) is 14.9. The van der Waals surface area contributed by atoms with E-state index in [9.17, 15) is 9.59 Å². The predicted octanol–water partition coefficient (Wildman–Crippen LogP) is -0.563. The van der Waals surface area contributed by atoms with E-state index in [1.54, 1.807) is 20.8 Å². The molecule has 0 aliphatic carbocycles. The molecule has 3 N–H and O–H groups in total. The Morgan fingerprint density at radius 2 is 1.81 bits per heavy atom. The molecule has 0 aromatic rings. The molecule has 6 nitrogen and oxygen atoms in total. The Morgan fingerprint density at radius 1 is 1.31 bits per heavy atom. The van der Waals surface area contributed by atoms with Gasteiger partial charge in [0.1, 0.15) is 17.6 Å². The fourth-order valence-corrected chi connectivity index (χ4v) is 1.01. The minimum Gasteiger partial charge on any atom is -0.468 e. The molecule has 1 unspecified atom stereocenters. The van der Waals surface area contributed by atoms with E-state index in [4.69, 9.17) is 15.6 Å². The van der Waals surface area contributed by atoms with Crippen LogP contribution in [0.3, 0.4) is 0 Å². The molecule has 0 fully saturated rings. The molecule has 0 rings (SSSR count). The summed E-state index contributed by atoms with van der Waals surface area (Å²) in [6, 6.07) is -1.22. The molecule has 0 radical (unpaired) electrons. The quantitative estimate of drug-likeness (QED) is 0.631. The van der Waals surface area contributed by atoms with Gasteiger partial charge in [0.15, 0.2) is 0 Å². The minimum absolute atomic E-state index is 0.564. The maximum Gasteiger partial charge on any atom is 0.323 e. The van der Waals surface area contributed by atoms with E-state index < -0.39 is 36.1 Å². The highest BCUT2D eigenvalue weighted by molar-refractivity contribution is 5.84. The molecule has 0 aliphatic rings. The summed E-state index contributed by atoms with van der Waals surface area (Å²) in [7, 11) is 1.16. The van der Waals surface area contributed by atoms with Crippen LogP contribution in [0.2, 0.25) is 0 Å². The Labute approximate surface area is 94.7 Å². The summed E-state index contributed by atoms with van der Waals surface area (Å²) in [6.45, 7) is 4.49. The number of rotatable bonds is 4. The molecule has 0 saturated carbocycles. The van der Waals surface area contributed by atoms with Crippen LogP contribution in [0.15, 0.2) is 0 Å². The molecule has 0 amide bonds. The fourth-order valence-electron chi connectivity index (χ4n) is 1.01. The highest BCUT2D eigenvalue weighted by Crippen LogP contribution is 2.13. The van der Waals surface area contributed by atoms with Crippen LogP contribution in [0.25, 0.3) is 0 Å². The Kier molecular flexibility index (Phi) is 5.40. The molecule has 2 atom stereocenters. The first-order valence-corrected chi connectivity index (χ1v) is 4.90. The van der Waals surface area contributed by atoms with Gasteiger partial charge < -0.3 is 20.3 Å². The van der Waals surface area contributed by atoms with Gasteiger partial charge in [-0.1, -0.05) is 0 Å². The van der Waals surface area contributed by atoms with Crippen LogP contribution in [-0.2, 0) is 19.1 Å². The molecule has 0 heterocycles. The van der Waals surface area contributed by atoms with Crippen molar-refractivity contribution in [2.24, 2.45) is 11.7 Å². The lowest BCUT2D eigenvalue weighted by atomic mass is 10.0. The Bertz CT molecular complexity index is 258. The molecule has 0 spiro atoms. The van der Waals surface area contributed by atoms with Crippen molar-refractivity contribution in [3.63, 3.8) is 0 Å². The average molecular weight is 233 g/mol. The first-order valence-electron chi connectivity index (χ1n) is 4.90. The van der Waals surface area contributed by atoms with E-state index in [1.165, 1.54) is 0 Å². The summed E-state index contributed by atoms with van der Waals surface area (Å²) in [5.41, 5.74) is 4.77. The van der Waals surface area contributed by atoms with Gasteiger partial charge in [-0.25, -0.2) is 0 Å². The van der Waals surface area contributed by atoms with Gasteiger partial charge >= 0.3 is 11.9 Å². The van der Waals surface area contributed by atoms with Crippen molar-refractivity contribution < 1.29 is 24.2 Å². The van der Waals surface area contributed by atoms with Gasteiger partial charge in [-0.15, -0.1) is 0 Å². The van der Waals surface area contributed by atoms with E-state index in [0.29, 0.717) is 0 Å². The maximum atomic E-state index is 11.6. The number of aliphatic hydroxyl groups is 1. The van der Waals surface area contributed by atoms with Crippen LogP contribution < -0.4 is 5.73 Å². The zero-order chi connectivity index (χ0) is 12.9. The number of methoxy groups -OCH3 is 1. The third kappa shape index (κ3) is 4.59.